The molecule has 0 saturated carbocycles. The number of carbonyl (C=O) groups is 1. The van der Waals surface area contributed by atoms with E-state index < -0.39 is 0 Å². The van der Waals surface area contributed by atoms with Crippen molar-refractivity contribution in [3.63, 3.8) is 0 Å². The number of amides is 1. The van der Waals surface area contributed by atoms with Crippen LogP contribution >= 0.6 is 0 Å². The van der Waals surface area contributed by atoms with Crippen LogP contribution in [0.4, 0.5) is 4.39 Å². The lowest BCUT2D eigenvalue weighted by atomic mass is 10.0. The number of carbonyl (C=O) groups excluding carboxylic acids is 1. The summed E-state index contributed by atoms with van der Waals surface area (Å²) in [5, 5.41) is 7.71. The minimum atomic E-state index is -0.297. The normalized spacial score (nSPS) is 18.6. The van der Waals surface area contributed by atoms with E-state index in [2.05, 4.69) is 17.3 Å². The zero-order valence-corrected chi connectivity index (χ0v) is 18.0. The van der Waals surface area contributed by atoms with Crippen LogP contribution in [-0.4, -0.2) is 41.4 Å². The quantitative estimate of drug-likeness (QED) is 0.576. The monoisotopic (exact) mass is 421 g/mol. The molecule has 3 aromatic rings. The maximum atomic E-state index is 13.3. The Bertz CT molecular complexity index is 1000. The van der Waals surface area contributed by atoms with Gasteiger partial charge in [0.2, 0.25) is 0 Å². The molecule has 1 fully saturated rings. The molecule has 1 aliphatic heterocycles. The van der Waals surface area contributed by atoms with Crippen LogP contribution in [0, 0.1) is 5.82 Å². The highest BCUT2D eigenvalue weighted by molar-refractivity contribution is 5.94. The third-order valence-corrected chi connectivity index (χ3v) is 6.12. The van der Waals surface area contributed by atoms with Crippen molar-refractivity contribution in [1.29, 1.82) is 0 Å². The summed E-state index contributed by atoms with van der Waals surface area (Å²) in [7, 11) is 0. The van der Waals surface area contributed by atoms with Crippen molar-refractivity contribution in [2.45, 2.75) is 38.6 Å². The Hall–Kier alpha value is -2.99. The summed E-state index contributed by atoms with van der Waals surface area (Å²) in [5.41, 5.74) is 2.70. The van der Waals surface area contributed by atoms with Crippen molar-refractivity contribution < 1.29 is 14.1 Å². The van der Waals surface area contributed by atoms with E-state index in [-0.39, 0.29) is 11.7 Å². The summed E-state index contributed by atoms with van der Waals surface area (Å²) in [6.45, 7) is 5.28. The van der Waals surface area contributed by atoms with Gasteiger partial charge in [0.15, 0.2) is 0 Å². The van der Waals surface area contributed by atoms with E-state index in [1.165, 1.54) is 37.9 Å². The number of hydrogen-bond donors (Lipinski definition) is 2. The summed E-state index contributed by atoms with van der Waals surface area (Å²) in [4.78, 5) is 14.7. The molecule has 1 aromatic heterocycles. The van der Waals surface area contributed by atoms with Gasteiger partial charge in [0, 0.05) is 18.5 Å². The first-order valence-corrected chi connectivity index (χ1v) is 11.2. The molecule has 1 unspecified atom stereocenters. The third-order valence-electron chi connectivity index (χ3n) is 6.12. The molecule has 0 spiro atoms. The first-order chi connectivity index (χ1) is 15.1. The number of aromatic nitrogens is 2. The van der Waals surface area contributed by atoms with E-state index in [0.29, 0.717) is 24.0 Å². The van der Waals surface area contributed by atoms with Crippen molar-refractivity contribution >= 4 is 5.91 Å². The summed E-state index contributed by atoms with van der Waals surface area (Å²) >= 11 is 0. The van der Waals surface area contributed by atoms with Crippen LogP contribution in [0.15, 0.2) is 60.7 Å². The van der Waals surface area contributed by atoms with Crippen molar-refractivity contribution in [2.75, 3.05) is 19.6 Å². The second kappa shape index (κ2) is 9.88. The van der Waals surface area contributed by atoms with Gasteiger partial charge in [-0.15, -0.1) is 0 Å². The molecule has 0 bridgehead atoms. The van der Waals surface area contributed by atoms with Gasteiger partial charge in [-0.05, 0) is 68.7 Å². The van der Waals surface area contributed by atoms with Crippen molar-refractivity contribution in [3.8, 4) is 16.9 Å². The van der Waals surface area contributed by atoms with Crippen molar-refractivity contribution in [1.82, 2.24) is 15.1 Å². The van der Waals surface area contributed by atoms with Gasteiger partial charge >= 0.3 is 0 Å². The van der Waals surface area contributed by atoms with Crippen LogP contribution in [0.5, 0.6) is 0 Å². The molecule has 162 valence electrons. The SMILES string of the molecule is C[C@@H]1CCCC[NH+]1CCCNC(=O)c1cc(-c2ccc(F)cc2)nn1-c1ccccc1. The van der Waals surface area contributed by atoms with Gasteiger partial charge < -0.3 is 10.2 Å². The summed E-state index contributed by atoms with van der Waals surface area (Å²) in [5.74, 6) is -0.444. The van der Waals surface area contributed by atoms with Gasteiger partial charge in [0.05, 0.1) is 30.5 Å². The lowest BCUT2D eigenvalue weighted by molar-refractivity contribution is -0.928. The number of rotatable bonds is 7. The Morgan fingerprint density at radius 2 is 1.94 bits per heavy atom. The molecule has 0 aliphatic carbocycles. The van der Waals surface area contributed by atoms with Gasteiger partial charge in [-0.25, -0.2) is 9.07 Å². The predicted molar refractivity (Wildman–Crippen MR) is 120 cm³/mol. The molecule has 2 N–H and O–H groups in total. The van der Waals surface area contributed by atoms with E-state index >= 15 is 0 Å². The van der Waals surface area contributed by atoms with Gasteiger partial charge in [-0.3, -0.25) is 4.79 Å². The Kier molecular flexibility index (Phi) is 6.77. The Morgan fingerprint density at radius 1 is 1.16 bits per heavy atom. The molecule has 0 radical (unpaired) electrons. The van der Waals surface area contributed by atoms with E-state index in [1.54, 1.807) is 27.8 Å². The molecule has 4 rings (SSSR count). The number of piperidine rings is 1. The van der Waals surface area contributed by atoms with E-state index in [4.69, 9.17) is 0 Å². The average molecular weight is 422 g/mol. The van der Waals surface area contributed by atoms with Gasteiger partial charge in [-0.2, -0.15) is 5.10 Å². The first kappa shape index (κ1) is 21.2. The Balaban J connectivity index is 1.47. The molecule has 6 heteroatoms. The third kappa shape index (κ3) is 5.20. The fourth-order valence-corrected chi connectivity index (χ4v) is 4.30. The summed E-state index contributed by atoms with van der Waals surface area (Å²) in [6.07, 6.45) is 4.88. The molecular formula is C25H30FN4O+. The van der Waals surface area contributed by atoms with Gasteiger partial charge in [0.1, 0.15) is 11.5 Å². The standard InChI is InChI=1S/C25H29FN4O/c1-19-8-5-6-16-29(19)17-7-15-27-25(31)24-18-23(20-11-13-21(26)14-12-20)28-30(24)22-9-3-2-4-10-22/h2-4,9-14,18-19H,5-8,15-17H2,1H3,(H,27,31)/p+1/t19-/m1/s1. The topological polar surface area (TPSA) is 51.4 Å². The fourth-order valence-electron chi connectivity index (χ4n) is 4.30. The molecule has 1 saturated heterocycles. The zero-order chi connectivity index (χ0) is 21.6. The Labute approximate surface area is 182 Å². The van der Waals surface area contributed by atoms with Crippen LogP contribution in [0.3, 0.4) is 0 Å². The van der Waals surface area contributed by atoms with Crippen molar-refractivity contribution in [2.24, 2.45) is 0 Å². The van der Waals surface area contributed by atoms with Crippen LogP contribution in [0.25, 0.3) is 16.9 Å². The number of likely N-dealkylation sites (tertiary alicyclic amines) is 1. The summed E-state index contributed by atoms with van der Waals surface area (Å²) < 4.78 is 15.0. The number of quaternary nitrogens is 1. The first-order valence-electron chi connectivity index (χ1n) is 11.2. The summed E-state index contributed by atoms with van der Waals surface area (Å²) in [6, 6.07) is 18.2. The minimum absolute atomic E-state index is 0.147. The molecule has 2 atom stereocenters. The lowest BCUT2D eigenvalue weighted by Gasteiger charge is -2.30. The van der Waals surface area contributed by atoms with E-state index in [1.807, 2.05) is 30.3 Å². The number of nitrogens with one attached hydrogen (secondary N) is 2. The Morgan fingerprint density at radius 3 is 2.68 bits per heavy atom. The van der Waals surface area contributed by atoms with Gasteiger partial charge in [-0.1, -0.05) is 18.2 Å². The molecule has 31 heavy (non-hydrogen) atoms. The van der Waals surface area contributed by atoms with Crippen LogP contribution in [-0.2, 0) is 0 Å². The highest BCUT2D eigenvalue weighted by atomic mass is 19.1. The fraction of sp³-hybridized carbons (Fsp3) is 0.360. The number of halogens is 1. The predicted octanol–water partition coefficient (Wildman–Crippen LogP) is 3.26. The van der Waals surface area contributed by atoms with E-state index in [0.717, 1.165) is 24.2 Å². The maximum absolute atomic E-state index is 13.3. The second-order valence-corrected chi connectivity index (χ2v) is 8.33. The molecule has 2 aromatic carbocycles. The maximum Gasteiger partial charge on any atom is 0.270 e. The molecule has 1 amide bonds. The van der Waals surface area contributed by atoms with Crippen LogP contribution in [0.2, 0.25) is 0 Å². The average Bonchev–Trinajstić information content (AvgIpc) is 3.24. The number of nitrogens with zero attached hydrogens (tertiary/aromatic N) is 2. The second-order valence-electron chi connectivity index (χ2n) is 8.33. The molecular weight excluding hydrogens is 391 g/mol. The van der Waals surface area contributed by atoms with Crippen molar-refractivity contribution in [3.05, 3.63) is 72.2 Å². The smallest absolute Gasteiger partial charge is 0.270 e. The highest BCUT2D eigenvalue weighted by Crippen LogP contribution is 2.22. The molecule has 1 aliphatic rings. The van der Waals surface area contributed by atoms with Crippen LogP contribution < -0.4 is 10.2 Å². The zero-order valence-electron chi connectivity index (χ0n) is 18.0. The lowest BCUT2D eigenvalue weighted by Crippen LogP contribution is -3.16. The number of para-hydroxylation sites is 1. The molecule has 5 nitrogen and oxygen atoms in total. The number of hydrogen-bond acceptors (Lipinski definition) is 2. The van der Waals surface area contributed by atoms with Crippen LogP contribution in [0.1, 0.15) is 43.1 Å². The largest absolute Gasteiger partial charge is 0.350 e. The van der Waals surface area contributed by atoms with E-state index in [9.17, 15) is 9.18 Å². The highest BCUT2D eigenvalue weighted by Gasteiger charge is 2.21. The molecule has 2 heterocycles. The number of benzene rings is 2. The van der Waals surface area contributed by atoms with Gasteiger partial charge in [0.25, 0.3) is 5.91 Å². The minimum Gasteiger partial charge on any atom is -0.350 e.